The van der Waals surface area contributed by atoms with Gasteiger partial charge in [0.25, 0.3) is 0 Å². The fourth-order valence-electron chi connectivity index (χ4n) is 8.02. The third kappa shape index (κ3) is 5.63. The summed E-state index contributed by atoms with van der Waals surface area (Å²) in [6, 6.07) is 24.3. The summed E-state index contributed by atoms with van der Waals surface area (Å²) in [4.78, 5) is 29.4. The van der Waals surface area contributed by atoms with Crippen molar-refractivity contribution in [3.63, 3.8) is 0 Å². The lowest BCUT2D eigenvalue weighted by Crippen LogP contribution is -2.48. The summed E-state index contributed by atoms with van der Waals surface area (Å²) in [5.74, 6) is 0.0492. The molecule has 0 aromatic heterocycles. The molecule has 5 nitrogen and oxygen atoms in total. The predicted molar refractivity (Wildman–Crippen MR) is 175 cm³/mol. The Labute approximate surface area is 261 Å². The van der Waals surface area contributed by atoms with Crippen LogP contribution in [0.15, 0.2) is 84.4 Å². The zero-order valence-electron chi connectivity index (χ0n) is 26.4. The topological polar surface area (TPSA) is 66.8 Å². The number of carbonyl (C=O) groups excluding carboxylic acids is 2. The van der Waals surface area contributed by atoms with Gasteiger partial charge in [-0.1, -0.05) is 92.2 Å². The SMILES string of the molecule is CCCN1CC2(CCC3c4ccc(cc4C(=O)c4ccc(-c5ccccc5)cc4)CC(O)CCC(C)=CCCC32C)OC1=O. The van der Waals surface area contributed by atoms with Gasteiger partial charge >= 0.3 is 6.09 Å². The minimum Gasteiger partial charge on any atom is -0.440 e. The molecule has 5 heteroatoms. The normalized spacial score (nSPS) is 27.1. The van der Waals surface area contributed by atoms with Crippen molar-refractivity contribution in [2.75, 3.05) is 13.1 Å². The van der Waals surface area contributed by atoms with Crippen molar-refractivity contribution in [1.29, 1.82) is 0 Å². The van der Waals surface area contributed by atoms with Crippen molar-refractivity contribution in [2.24, 2.45) is 5.41 Å². The zero-order valence-corrected chi connectivity index (χ0v) is 26.4. The summed E-state index contributed by atoms with van der Waals surface area (Å²) in [6.07, 6.45) is 7.89. The lowest BCUT2D eigenvalue weighted by molar-refractivity contribution is -0.0373. The van der Waals surface area contributed by atoms with Crippen molar-refractivity contribution < 1.29 is 19.4 Å². The minimum atomic E-state index is -0.588. The van der Waals surface area contributed by atoms with E-state index >= 15 is 0 Å². The number of ether oxygens (including phenoxy) is 1. The number of rotatable bonds is 5. The molecule has 1 spiro atoms. The first-order valence-electron chi connectivity index (χ1n) is 16.4. The van der Waals surface area contributed by atoms with Gasteiger partial charge in [0.2, 0.25) is 0 Å². The van der Waals surface area contributed by atoms with Crippen molar-refractivity contribution in [3.05, 3.63) is 107 Å². The van der Waals surface area contributed by atoms with Gasteiger partial charge in [0.05, 0.1) is 12.6 Å². The van der Waals surface area contributed by atoms with Crippen molar-refractivity contribution in [1.82, 2.24) is 4.90 Å². The molecule has 1 heterocycles. The van der Waals surface area contributed by atoms with Crippen LogP contribution in [0.2, 0.25) is 0 Å². The number of aliphatic hydroxyl groups excluding tert-OH is 1. The van der Waals surface area contributed by atoms with Crippen molar-refractivity contribution in [2.45, 2.75) is 89.8 Å². The Morgan fingerprint density at radius 2 is 1.75 bits per heavy atom. The van der Waals surface area contributed by atoms with Gasteiger partial charge < -0.3 is 14.7 Å². The summed E-state index contributed by atoms with van der Waals surface area (Å²) in [5.41, 5.74) is 5.89. The van der Waals surface area contributed by atoms with Gasteiger partial charge in [-0.3, -0.25) is 4.79 Å². The van der Waals surface area contributed by atoms with E-state index in [4.69, 9.17) is 4.74 Å². The van der Waals surface area contributed by atoms with Gasteiger partial charge in [-0.2, -0.15) is 0 Å². The molecule has 44 heavy (non-hydrogen) atoms. The third-order valence-electron chi connectivity index (χ3n) is 10.6. The second-order valence-corrected chi connectivity index (χ2v) is 13.5. The Morgan fingerprint density at radius 1 is 1.00 bits per heavy atom. The van der Waals surface area contributed by atoms with Crippen LogP contribution in [0.25, 0.3) is 11.1 Å². The maximum atomic E-state index is 14.4. The lowest BCUT2D eigenvalue weighted by Gasteiger charge is -2.43. The van der Waals surface area contributed by atoms with Crippen LogP contribution in [0.5, 0.6) is 0 Å². The van der Waals surface area contributed by atoms with Crippen LogP contribution in [0.1, 0.15) is 98.7 Å². The average Bonchev–Trinajstić information content (AvgIpc) is 3.50. The van der Waals surface area contributed by atoms with E-state index in [0.29, 0.717) is 37.1 Å². The number of ketones is 1. The summed E-state index contributed by atoms with van der Waals surface area (Å²) >= 11 is 0. The Kier molecular flexibility index (Phi) is 8.52. The van der Waals surface area contributed by atoms with E-state index in [9.17, 15) is 14.7 Å². The molecule has 1 N–H and O–H groups in total. The van der Waals surface area contributed by atoms with Crippen molar-refractivity contribution in [3.8, 4) is 11.1 Å². The smallest absolute Gasteiger partial charge is 0.410 e. The highest BCUT2D eigenvalue weighted by Gasteiger charge is 2.63. The van der Waals surface area contributed by atoms with Crippen LogP contribution in [0.4, 0.5) is 4.79 Å². The molecule has 3 aromatic carbocycles. The van der Waals surface area contributed by atoms with E-state index in [0.717, 1.165) is 60.8 Å². The Bertz CT molecular complexity index is 1540. The first-order valence-corrected chi connectivity index (χ1v) is 16.4. The highest BCUT2D eigenvalue weighted by Crippen LogP contribution is 2.61. The molecule has 1 amide bonds. The van der Waals surface area contributed by atoms with E-state index in [1.807, 2.05) is 53.4 Å². The van der Waals surface area contributed by atoms with Gasteiger partial charge in [-0.15, -0.1) is 0 Å². The first kappa shape index (κ1) is 30.3. The fourth-order valence-corrected chi connectivity index (χ4v) is 8.02. The molecule has 4 unspecified atom stereocenters. The average molecular weight is 592 g/mol. The summed E-state index contributed by atoms with van der Waals surface area (Å²) in [7, 11) is 0. The fraction of sp³-hybridized carbons (Fsp3) is 0.436. The molecule has 1 saturated heterocycles. The molecule has 0 radical (unpaired) electrons. The van der Waals surface area contributed by atoms with Gasteiger partial charge in [-0.25, -0.2) is 4.79 Å². The van der Waals surface area contributed by atoms with E-state index in [1.54, 1.807) is 0 Å². The molecular formula is C39H45NO4. The minimum absolute atomic E-state index is 0.00175. The lowest BCUT2D eigenvalue weighted by atomic mass is 9.64. The first-order chi connectivity index (χ1) is 21.2. The van der Waals surface area contributed by atoms with E-state index in [2.05, 4.69) is 51.1 Å². The molecule has 1 aliphatic heterocycles. The summed E-state index contributed by atoms with van der Waals surface area (Å²) in [6.45, 7) is 7.83. The largest absolute Gasteiger partial charge is 0.440 e. The van der Waals surface area contributed by atoms with Crippen LogP contribution >= 0.6 is 0 Å². The van der Waals surface area contributed by atoms with Gasteiger partial charge in [0.1, 0.15) is 5.60 Å². The van der Waals surface area contributed by atoms with Gasteiger partial charge in [-0.05, 0) is 92.5 Å². The number of hydrogen-bond acceptors (Lipinski definition) is 4. The number of allylic oxidation sites excluding steroid dienone is 2. The van der Waals surface area contributed by atoms with E-state index in [-0.39, 0.29) is 23.2 Å². The molecule has 230 valence electrons. The van der Waals surface area contributed by atoms with Crippen LogP contribution < -0.4 is 0 Å². The molecular weight excluding hydrogens is 546 g/mol. The molecule has 1 saturated carbocycles. The molecule has 4 aliphatic rings. The van der Waals surface area contributed by atoms with Crippen LogP contribution in [-0.4, -0.2) is 46.7 Å². The molecule has 7 rings (SSSR count). The second-order valence-electron chi connectivity index (χ2n) is 13.5. The van der Waals surface area contributed by atoms with Crippen LogP contribution in [0, 0.1) is 5.41 Å². The van der Waals surface area contributed by atoms with E-state index in [1.165, 1.54) is 5.57 Å². The molecule has 3 aliphatic carbocycles. The highest BCUT2D eigenvalue weighted by atomic mass is 16.6. The zero-order chi connectivity index (χ0) is 30.9. The quantitative estimate of drug-likeness (QED) is 0.239. The second kappa shape index (κ2) is 12.4. The molecule has 2 bridgehead atoms. The molecule has 4 atom stereocenters. The van der Waals surface area contributed by atoms with Crippen LogP contribution in [0.3, 0.4) is 0 Å². The van der Waals surface area contributed by atoms with Gasteiger partial charge in [0, 0.05) is 23.1 Å². The standard InChI is InChI=1S/C39H45NO4/c1-4-23-40-26-39(44-37(40)43)22-20-35-33-19-13-28(24-32(41)18-12-27(2)9-8-21-38(35,39)3)25-34(33)36(42)31-16-14-30(15-17-31)29-10-6-5-7-11-29/h5-7,9-11,13-17,19,25,32,35,41H,4,8,12,18,20-24,26H2,1-3H3. The molecule has 3 aromatic rings. The Balaban J connectivity index is 1.43. The number of nitrogens with zero attached hydrogens (tertiary/aromatic N) is 1. The third-order valence-corrected chi connectivity index (χ3v) is 10.6. The number of fused-ring (bicyclic) bond motifs is 8. The number of benzene rings is 3. The molecule has 2 fully saturated rings. The highest BCUT2D eigenvalue weighted by molar-refractivity contribution is 6.10. The number of aliphatic hydroxyl groups is 1. The number of carbonyl (C=O) groups is 2. The predicted octanol–water partition coefficient (Wildman–Crippen LogP) is 8.49. The summed E-state index contributed by atoms with van der Waals surface area (Å²) in [5, 5.41) is 10.9. The van der Waals surface area contributed by atoms with E-state index < -0.39 is 11.7 Å². The van der Waals surface area contributed by atoms with Crippen molar-refractivity contribution >= 4 is 11.9 Å². The number of amides is 1. The number of hydrogen-bond donors (Lipinski definition) is 1. The maximum Gasteiger partial charge on any atom is 0.410 e. The Hall–Kier alpha value is -3.70. The monoisotopic (exact) mass is 591 g/mol. The summed E-state index contributed by atoms with van der Waals surface area (Å²) < 4.78 is 6.38. The Morgan fingerprint density at radius 3 is 2.50 bits per heavy atom. The van der Waals surface area contributed by atoms with Crippen LogP contribution in [-0.2, 0) is 11.2 Å². The maximum absolute atomic E-state index is 14.4. The van der Waals surface area contributed by atoms with Gasteiger partial charge in [0.15, 0.2) is 5.78 Å².